The van der Waals surface area contributed by atoms with Gasteiger partial charge in [-0.1, -0.05) is 6.92 Å². The number of aliphatic hydroxyl groups excluding tert-OH is 1. The summed E-state index contributed by atoms with van der Waals surface area (Å²) in [6.45, 7) is 2.26. The van der Waals surface area contributed by atoms with Crippen LogP contribution < -0.4 is 0 Å². The molecule has 0 spiro atoms. The van der Waals surface area contributed by atoms with Crippen LogP contribution in [0.1, 0.15) is 41.6 Å². The van der Waals surface area contributed by atoms with Crippen molar-refractivity contribution in [3.05, 3.63) is 64.9 Å². The second-order valence-corrected chi connectivity index (χ2v) is 8.71. The third-order valence-corrected chi connectivity index (χ3v) is 6.13. The highest BCUT2D eigenvalue weighted by molar-refractivity contribution is 5.75. The van der Waals surface area contributed by atoms with E-state index >= 15 is 0 Å². The Kier molecular flexibility index (Phi) is 5.76. The summed E-state index contributed by atoms with van der Waals surface area (Å²) in [6.07, 6.45) is 5.53. The van der Waals surface area contributed by atoms with E-state index in [2.05, 4.69) is 16.2 Å². The fourth-order valence-corrected chi connectivity index (χ4v) is 4.10. The number of nitriles is 1. The number of fused-ring (bicyclic) bond motifs is 1. The van der Waals surface area contributed by atoms with Crippen LogP contribution in [-0.4, -0.2) is 56.4 Å². The van der Waals surface area contributed by atoms with Crippen molar-refractivity contribution in [2.24, 2.45) is 0 Å². The predicted octanol–water partition coefficient (Wildman–Crippen LogP) is 2.09. The van der Waals surface area contributed by atoms with Gasteiger partial charge in [0.2, 0.25) is 5.91 Å². The van der Waals surface area contributed by atoms with E-state index in [1.807, 2.05) is 31.2 Å². The fourth-order valence-electron chi connectivity index (χ4n) is 4.10. The quantitative estimate of drug-likeness (QED) is 0.642. The van der Waals surface area contributed by atoms with Gasteiger partial charge in [0.1, 0.15) is 12.4 Å². The minimum atomic E-state index is -0.344. The van der Waals surface area contributed by atoms with E-state index in [9.17, 15) is 15.2 Å². The van der Waals surface area contributed by atoms with Crippen molar-refractivity contribution in [1.82, 2.24) is 24.6 Å². The molecule has 0 radical (unpaired) electrons. The zero-order chi connectivity index (χ0) is 22.9. The number of aliphatic hydroxyl groups is 1. The Balaban J connectivity index is 1.61. The first-order valence-corrected chi connectivity index (χ1v) is 10.6. The Bertz CT molecular complexity index is 1210. The van der Waals surface area contributed by atoms with Gasteiger partial charge in [0.25, 0.3) is 0 Å². The smallest absolute Gasteiger partial charge is 0.243 e. The van der Waals surface area contributed by atoms with Crippen LogP contribution in [0.2, 0.25) is 0 Å². The standard InChI is InChI=1S/C24H26N6O2/c1-24(15-31)7-4-19-17(13-25)10-16(11-20(19)24)21-5-8-26-22(27-21)12-18-6-9-30(28-18)14-23(32)29(2)3/h5-6,8-11,31H,4,7,12,14-15H2,1-3H3. The molecule has 32 heavy (non-hydrogen) atoms. The van der Waals surface area contributed by atoms with Crippen LogP contribution in [0.5, 0.6) is 0 Å². The number of hydrogen-bond acceptors (Lipinski definition) is 6. The summed E-state index contributed by atoms with van der Waals surface area (Å²) in [5.41, 5.74) is 4.69. The average Bonchev–Trinajstić information content (AvgIpc) is 3.37. The zero-order valence-corrected chi connectivity index (χ0v) is 18.5. The van der Waals surface area contributed by atoms with Crippen molar-refractivity contribution < 1.29 is 9.90 Å². The molecule has 8 heteroatoms. The van der Waals surface area contributed by atoms with Gasteiger partial charge in [-0.3, -0.25) is 9.48 Å². The number of benzene rings is 1. The molecule has 8 nitrogen and oxygen atoms in total. The number of nitrogens with zero attached hydrogens (tertiary/aromatic N) is 6. The van der Waals surface area contributed by atoms with E-state index in [1.165, 1.54) is 4.90 Å². The molecule has 1 aromatic carbocycles. The molecule has 0 saturated carbocycles. The molecule has 164 valence electrons. The van der Waals surface area contributed by atoms with Gasteiger partial charge in [-0.05, 0) is 48.2 Å². The van der Waals surface area contributed by atoms with Crippen molar-refractivity contribution in [3.8, 4) is 17.3 Å². The summed E-state index contributed by atoms with van der Waals surface area (Å²) in [7, 11) is 3.43. The zero-order valence-electron chi connectivity index (χ0n) is 18.5. The Morgan fingerprint density at radius 3 is 2.88 bits per heavy atom. The first kappa shape index (κ1) is 21.7. The van der Waals surface area contributed by atoms with Gasteiger partial charge < -0.3 is 10.0 Å². The van der Waals surface area contributed by atoms with Crippen LogP contribution in [-0.2, 0) is 29.6 Å². The van der Waals surface area contributed by atoms with Crippen molar-refractivity contribution in [3.63, 3.8) is 0 Å². The number of amides is 1. The van der Waals surface area contributed by atoms with E-state index in [-0.39, 0.29) is 24.5 Å². The third-order valence-electron chi connectivity index (χ3n) is 6.13. The Morgan fingerprint density at radius 2 is 2.16 bits per heavy atom. The molecule has 1 unspecified atom stereocenters. The van der Waals surface area contributed by atoms with Crippen molar-refractivity contribution >= 4 is 5.91 Å². The van der Waals surface area contributed by atoms with E-state index in [0.717, 1.165) is 40.9 Å². The maximum Gasteiger partial charge on any atom is 0.243 e. The summed E-state index contributed by atoms with van der Waals surface area (Å²) >= 11 is 0. The van der Waals surface area contributed by atoms with E-state index in [4.69, 9.17) is 4.98 Å². The highest BCUT2D eigenvalue weighted by Gasteiger charge is 2.35. The fraction of sp³-hybridized carbons (Fsp3) is 0.375. The molecule has 1 aliphatic carbocycles. The monoisotopic (exact) mass is 430 g/mol. The summed E-state index contributed by atoms with van der Waals surface area (Å²) in [5, 5.41) is 24.1. The molecule has 1 amide bonds. The Hall–Kier alpha value is -3.57. The van der Waals surface area contributed by atoms with Gasteiger partial charge in [0.15, 0.2) is 0 Å². The lowest BCUT2D eigenvalue weighted by Crippen LogP contribution is -2.26. The second kappa shape index (κ2) is 8.52. The first-order chi connectivity index (χ1) is 15.3. The molecule has 0 bridgehead atoms. The summed E-state index contributed by atoms with van der Waals surface area (Å²) in [5.74, 6) is 0.577. The van der Waals surface area contributed by atoms with Crippen LogP contribution in [0.25, 0.3) is 11.3 Å². The van der Waals surface area contributed by atoms with Gasteiger partial charge in [-0.2, -0.15) is 10.4 Å². The third kappa shape index (κ3) is 4.12. The summed E-state index contributed by atoms with van der Waals surface area (Å²) in [4.78, 5) is 22.5. The lowest BCUT2D eigenvalue weighted by Gasteiger charge is -2.23. The van der Waals surface area contributed by atoms with E-state index in [1.54, 1.807) is 31.2 Å². The number of likely N-dealkylation sites (N-methyl/N-ethyl adjacent to an activating group) is 1. The molecule has 4 rings (SSSR count). The van der Waals surface area contributed by atoms with Gasteiger partial charge in [-0.25, -0.2) is 9.97 Å². The Morgan fingerprint density at radius 1 is 1.34 bits per heavy atom. The largest absolute Gasteiger partial charge is 0.395 e. The lowest BCUT2D eigenvalue weighted by atomic mass is 9.83. The number of rotatable bonds is 6. The van der Waals surface area contributed by atoms with Crippen LogP contribution in [0.15, 0.2) is 36.7 Å². The molecule has 1 aliphatic rings. The average molecular weight is 431 g/mol. The molecule has 0 saturated heterocycles. The number of hydrogen-bond donors (Lipinski definition) is 1. The van der Waals surface area contributed by atoms with Crippen LogP contribution in [0.4, 0.5) is 0 Å². The molecule has 2 heterocycles. The molecule has 2 aromatic heterocycles. The molecule has 0 fully saturated rings. The lowest BCUT2D eigenvalue weighted by molar-refractivity contribution is -0.129. The Labute approximate surface area is 187 Å². The van der Waals surface area contributed by atoms with Crippen molar-refractivity contribution in [2.75, 3.05) is 20.7 Å². The SMILES string of the molecule is CN(C)C(=O)Cn1ccc(Cc2nccc(-c3cc(C#N)c4c(c3)C(C)(CO)CC4)n2)n1. The van der Waals surface area contributed by atoms with Crippen LogP contribution >= 0.6 is 0 Å². The highest BCUT2D eigenvalue weighted by Crippen LogP contribution is 2.41. The topological polar surface area (TPSA) is 108 Å². The minimum Gasteiger partial charge on any atom is -0.395 e. The predicted molar refractivity (Wildman–Crippen MR) is 119 cm³/mol. The molecular formula is C24H26N6O2. The molecule has 3 aromatic rings. The normalized spacial score (nSPS) is 17.1. The molecular weight excluding hydrogens is 404 g/mol. The summed E-state index contributed by atoms with van der Waals surface area (Å²) < 4.78 is 1.61. The van der Waals surface area contributed by atoms with Gasteiger partial charge in [0, 0.05) is 37.5 Å². The maximum absolute atomic E-state index is 11.9. The number of aromatic nitrogens is 4. The van der Waals surface area contributed by atoms with Crippen molar-refractivity contribution in [2.45, 2.75) is 38.1 Å². The van der Waals surface area contributed by atoms with Crippen molar-refractivity contribution in [1.29, 1.82) is 5.26 Å². The maximum atomic E-state index is 11.9. The number of carbonyl (C=O) groups excluding carboxylic acids is 1. The first-order valence-electron chi connectivity index (χ1n) is 10.6. The number of carbonyl (C=O) groups is 1. The minimum absolute atomic E-state index is 0.0299. The van der Waals surface area contributed by atoms with Gasteiger partial charge >= 0.3 is 0 Å². The molecule has 1 atom stereocenters. The van der Waals surface area contributed by atoms with Gasteiger partial charge in [0.05, 0.1) is 36.0 Å². The van der Waals surface area contributed by atoms with Crippen LogP contribution in [0, 0.1) is 11.3 Å². The second-order valence-electron chi connectivity index (χ2n) is 8.71. The molecule has 0 aliphatic heterocycles. The summed E-state index contributed by atoms with van der Waals surface area (Å²) in [6, 6.07) is 9.91. The van der Waals surface area contributed by atoms with Gasteiger partial charge in [-0.15, -0.1) is 0 Å². The van der Waals surface area contributed by atoms with E-state index in [0.29, 0.717) is 17.8 Å². The molecule has 1 N–H and O–H groups in total. The van der Waals surface area contributed by atoms with E-state index < -0.39 is 0 Å². The highest BCUT2D eigenvalue weighted by atomic mass is 16.3. The van der Waals surface area contributed by atoms with Crippen LogP contribution in [0.3, 0.4) is 0 Å².